The van der Waals surface area contributed by atoms with Crippen LogP contribution in [0.15, 0.2) is 6.07 Å². The summed E-state index contributed by atoms with van der Waals surface area (Å²) < 4.78 is 0. The highest BCUT2D eigenvalue weighted by Gasteiger charge is 2.15. The average molecular weight is 238 g/mol. The Morgan fingerprint density at radius 1 is 1.47 bits per heavy atom. The Balaban J connectivity index is 3.00. The minimum atomic E-state index is -0.301. The summed E-state index contributed by atoms with van der Waals surface area (Å²) in [5.41, 5.74) is 1.04. The van der Waals surface area contributed by atoms with Crippen LogP contribution in [-0.2, 0) is 4.84 Å². The lowest BCUT2D eigenvalue weighted by Gasteiger charge is -2.14. The van der Waals surface area contributed by atoms with Gasteiger partial charge in [-0.1, -0.05) is 0 Å². The van der Waals surface area contributed by atoms with Gasteiger partial charge < -0.3 is 5.32 Å². The van der Waals surface area contributed by atoms with Crippen LogP contribution < -0.4 is 5.32 Å². The molecule has 6 heteroatoms. The molecular formula is C11H18N4O2. The van der Waals surface area contributed by atoms with Gasteiger partial charge in [0.2, 0.25) is 5.95 Å². The molecule has 0 radical (unpaired) electrons. The van der Waals surface area contributed by atoms with Crippen molar-refractivity contribution < 1.29 is 9.63 Å². The van der Waals surface area contributed by atoms with Crippen molar-refractivity contribution in [3.8, 4) is 0 Å². The summed E-state index contributed by atoms with van der Waals surface area (Å²) in [6.45, 7) is 5.78. The topological polar surface area (TPSA) is 67.3 Å². The van der Waals surface area contributed by atoms with Gasteiger partial charge in [0, 0.05) is 18.8 Å². The molecule has 0 bridgehead atoms. The van der Waals surface area contributed by atoms with Gasteiger partial charge in [-0.25, -0.2) is 15.0 Å². The molecule has 0 aliphatic heterocycles. The summed E-state index contributed by atoms with van der Waals surface area (Å²) in [6, 6.07) is 1.84. The number of rotatable bonds is 4. The highest BCUT2D eigenvalue weighted by Crippen LogP contribution is 2.08. The summed E-state index contributed by atoms with van der Waals surface area (Å²) in [5, 5.41) is 4.19. The number of nitrogens with one attached hydrogen (secondary N) is 1. The molecule has 1 aromatic rings. The normalized spacial score (nSPS) is 10.5. The fourth-order valence-electron chi connectivity index (χ4n) is 1.25. The van der Waals surface area contributed by atoms with Crippen LogP contribution in [0.2, 0.25) is 0 Å². The standard InChI is InChI=1S/C11H18N4O2/c1-7(2)12-11-13-8(3)6-9(14-11)10(16)15(4)17-5/h6-7H,1-5H3,(H,12,13,14). The first kappa shape index (κ1) is 13.4. The fraction of sp³-hybridized carbons (Fsp3) is 0.545. The van der Waals surface area contributed by atoms with Crippen molar-refractivity contribution in [1.29, 1.82) is 0 Å². The van der Waals surface area contributed by atoms with Crippen LogP contribution in [0, 0.1) is 6.92 Å². The largest absolute Gasteiger partial charge is 0.352 e. The van der Waals surface area contributed by atoms with Crippen molar-refractivity contribution in [2.24, 2.45) is 0 Å². The van der Waals surface area contributed by atoms with E-state index >= 15 is 0 Å². The second-order valence-electron chi connectivity index (χ2n) is 4.00. The van der Waals surface area contributed by atoms with Crippen molar-refractivity contribution >= 4 is 11.9 Å². The third-order valence-electron chi connectivity index (χ3n) is 2.05. The van der Waals surface area contributed by atoms with E-state index in [1.807, 2.05) is 20.8 Å². The Morgan fingerprint density at radius 2 is 2.12 bits per heavy atom. The molecule has 0 aromatic carbocycles. The van der Waals surface area contributed by atoms with Gasteiger partial charge in [0.1, 0.15) is 5.69 Å². The molecule has 0 spiro atoms. The monoisotopic (exact) mass is 238 g/mol. The van der Waals surface area contributed by atoms with Gasteiger partial charge in [-0.3, -0.25) is 9.63 Å². The number of amides is 1. The van der Waals surface area contributed by atoms with E-state index in [4.69, 9.17) is 4.84 Å². The highest BCUT2D eigenvalue weighted by molar-refractivity contribution is 5.91. The van der Waals surface area contributed by atoms with Crippen LogP contribution in [0.5, 0.6) is 0 Å². The minimum Gasteiger partial charge on any atom is -0.352 e. The third kappa shape index (κ3) is 3.67. The molecular weight excluding hydrogens is 220 g/mol. The maximum Gasteiger partial charge on any atom is 0.295 e. The minimum absolute atomic E-state index is 0.208. The number of carbonyl (C=O) groups is 1. The molecule has 1 rings (SSSR count). The first-order valence-corrected chi connectivity index (χ1v) is 5.38. The molecule has 0 atom stereocenters. The van der Waals surface area contributed by atoms with Gasteiger partial charge in [0.25, 0.3) is 5.91 Å². The molecule has 0 unspecified atom stereocenters. The van der Waals surface area contributed by atoms with Crippen LogP contribution in [0.3, 0.4) is 0 Å². The maximum absolute atomic E-state index is 11.8. The van der Waals surface area contributed by atoms with E-state index in [9.17, 15) is 4.79 Å². The molecule has 0 aliphatic carbocycles. The zero-order valence-corrected chi connectivity index (χ0v) is 10.8. The average Bonchev–Trinajstić information content (AvgIpc) is 2.25. The smallest absolute Gasteiger partial charge is 0.295 e. The van der Waals surface area contributed by atoms with E-state index in [0.29, 0.717) is 11.6 Å². The Bertz CT molecular complexity index is 406. The summed E-state index contributed by atoms with van der Waals surface area (Å²) in [7, 11) is 2.97. The Labute approximate surface area is 101 Å². The van der Waals surface area contributed by atoms with Crippen molar-refractivity contribution in [2.45, 2.75) is 26.8 Å². The SMILES string of the molecule is CON(C)C(=O)c1cc(C)nc(NC(C)C)n1. The zero-order chi connectivity index (χ0) is 13.0. The van der Waals surface area contributed by atoms with E-state index in [1.54, 1.807) is 6.07 Å². The van der Waals surface area contributed by atoms with E-state index in [-0.39, 0.29) is 11.9 Å². The molecule has 1 aromatic heterocycles. The van der Waals surface area contributed by atoms with Gasteiger partial charge in [-0.15, -0.1) is 0 Å². The molecule has 17 heavy (non-hydrogen) atoms. The number of hydroxylamine groups is 2. The summed E-state index contributed by atoms with van der Waals surface area (Å²) in [5.74, 6) is 0.151. The van der Waals surface area contributed by atoms with Crippen molar-refractivity contribution in [3.63, 3.8) is 0 Å². The Morgan fingerprint density at radius 3 is 2.65 bits per heavy atom. The molecule has 6 nitrogen and oxygen atoms in total. The van der Waals surface area contributed by atoms with Crippen molar-refractivity contribution in [2.75, 3.05) is 19.5 Å². The summed E-state index contributed by atoms with van der Waals surface area (Å²) in [6.07, 6.45) is 0. The lowest BCUT2D eigenvalue weighted by Crippen LogP contribution is -2.27. The molecule has 0 saturated heterocycles. The van der Waals surface area contributed by atoms with Gasteiger partial charge in [-0.05, 0) is 26.8 Å². The predicted octanol–water partition coefficient (Wildman–Crippen LogP) is 1.24. The van der Waals surface area contributed by atoms with E-state index < -0.39 is 0 Å². The fourth-order valence-corrected chi connectivity index (χ4v) is 1.25. The van der Waals surface area contributed by atoms with Crippen LogP contribution in [-0.4, -0.2) is 41.1 Å². The molecule has 0 aliphatic rings. The number of carbonyl (C=O) groups excluding carboxylic acids is 1. The van der Waals surface area contributed by atoms with E-state index in [2.05, 4.69) is 15.3 Å². The Kier molecular flexibility index (Phi) is 4.39. The quantitative estimate of drug-likeness (QED) is 0.799. The van der Waals surface area contributed by atoms with Gasteiger partial charge in [-0.2, -0.15) is 0 Å². The first-order chi connectivity index (χ1) is 7.93. The number of hydrogen-bond donors (Lipinski definition) is 1. The number of aryl methyl sites for hydroxylation is 1. The molecule has 1 N–H and O–H groups in total. The highest BCUT2D eigenvalue weighted by atomic mass is 16.7. The van der Waals surface area contributed by atoms with Crippen LogP contribution in [0.25, 0.3) is 0 Å². The molecule has 0 fully saturated rings. The van der Waals surface area contributed by atoms with Gasteiger partial charge in [0.05, 0.1) is 7.11 Å². The number of nitrogens with zero attached hydrogens (tertiary/aromatic N) is 3. The zero-order valence-electron chi connectivity index (χ0n) is 10.8. The lowest BCUT2D eigenvalue weighted by atomic mass is 10.3. The summed E-state index contributed by atoms with van der Waals surface area (Å²) in [4.78, 5) is 25.0. The second kappa shape index (κ2) is 5.58. The van der Waals surface area contributed by atoms with E-state index in [1.165, 1.54) is 14.2 Å². The second-order valence-corrected chi connectivity index (χ2v) is 4.00. The van der Waals surface area contributed by atoms with Gasteiger partial charge in [0.15, 0.2) is 0 Å². The Hall–Kier alpha value is -1.69. The van der Waals surface area contributed by atoms with Crippen LogP contribution >= 0.6 is 0 Å². The van der Waals surface area contributed by atoms with Crippen LogP contribution in [0.1, 0.15) is 30.0 Å². The third-order valence-corrected chi connectivity index (χ3v) is 2.05. The molecule has 1 amide bonds. The van der Waals surface area contributed by atoms with Crippen molar-refractivity contribution in [3.05, 3.63) is 17.5 Å². The van der Waals surface area contributed by atoms with Crippen molar-refractivity contribution in [1.82, 2.24) is 15.0 Å². The number of anilines is 1. The molecule has 94 valence electrons. The predicted molar refractivity (Wildman–Crippen MR) is 64.6 cm³/mol. The first-order valence-electron chi connectivity index (χ1n) is 5.38. The number of aromatic nitrogens is 2. The van der Waals surface area contributed by atoms with Crippen LogP contribution in [0.4, 0.5) is 5.95 Å². The lowest BCUT2D eigenvalue weighted by molar-refractivity contribution is -0.0760. The summed E-state index contributed by atoms with van der Waals surface area (Å²) >= 11 is 0. The molecule has 0 saturated carbocycles. The maximum atomic E-state index is 11.8. The van der Waals surface area contributed by atoms with E-state index in [0.717, 1.165) is 10.8 Å². The molecule has 1 heterocycles. The van der Waals surface area contributed by atoms with Gasteiger partial charge >= 0.3 is 0 Å². The number of hydrogen-bond acceptors (Lipinski definition) is 5.